The summed E-state index contributed by atoms with van der Waals surface area (Å²) in [7, 11) is 0. The lowest BCUT2D eigenvalue weighted by molar-refractivity contribution is 0.770. The molecule has 0 bridgehead atoms. The maximum atomic E-state index is 4.78. The molecule has 0 saturated heterocycles. The lowest BCUT2D eigenvalue weighted by atomic mass is 10.1. The Morgan fingerprint density at radius 1 is 0.743 bits per heavy atom. The van der Waals surface area contributed by atoms with Gasteiger partial charge in [0, 0.05) is 46.3 Å². The number of para-hydroxylation sites is 2. The van der Waals surface area contributed by atoms with E-state index in [4.69, 9.17) is 9.98 Å². The van der Waals surface area contributed by atoms with E-state index in [1.54, 1.807) is 12.4 Å². The fraction of sp³-hybridized carbons (Fsp3) is 0.107. The van der Waals surface area contributed by atoms with Crippen molar-refractivity contribution in [3.8, 4) is 5.82 Å². The molecule has 1 unspecified atom stereocenters. The van der Waals surface area contributed by atoms with Gasteiger partial charge in [-0.15, -0.1) is 24.0 Å². The van der Waals surface area contributed by atoms with Gasteiger partial charge < -0.3 is 5.32 Å². The van der Waals surface area contributed by atoms with Gasteiger partial charge in [-0.2, -0.15) is 0 Å². The molecule has 0 spiro atoms. The SMILES string of the molecule is Cc1nccnc1-n1c2ccccc2c2cc3c4ccccc4n(C4=NC=CNC4C)c3cc21.I. The van der Waals surface area contributed by atoms with Crippen LogP contribution in [-0.2, 0) is 0 Å². The van der Waals surface area contributed by atoms with Crippen molar-refractivity contribution in [3.05, 3.63) is 91.2 Å². The third-order valence-electron chi connectivity index (χ3n) is 6.78. The van der Waals surface area contributed by atoms with Gasteiger partial charge in [-0.25, -0.2) is 9.98 Å². The van der Waals surface area contributed by atoms with Crippen molar-refractivity contribution in [2.75, 3.05) is 0 Å². The molecule has 4 heterocycles. The molecule has 0 fully saturated rings. The Morgan fingerprint density at radius 2 is 1.37 bits per heavy atom. The summed E-state index contributed by atoms with van der Waals surface area (Å²) >= 11 is 0. The van der Waals surface area contributed by atoms with Gasteiger partial charge in [0.05, 0.1) is 33.8 Å². The molecular weight excluding hydrogens is 547 g/mol. The number of nitrogens with zero attached hydrogens (tertiary/aromatic N) is 5. The van der Waals surface area contributed by atoms with Gasteiger partial charge in [-0.3, -0.25) is 14.1 Å². The van der Waals surface area contributed by atoms with Crippen LogP contribution in [0.5, 0.6) is 0 Å². The highest BCUT2D eigenvalue weighted by Crippen LogP contribution is 2.38. The van der Waals surface area contributed by atoms with Crippen LogP contribution in [0, 0.1) is 6.92 Å². The molecule has 6 nitrogen and oxygen atoms in total. The molecule has 35 heavy (non-hydrogen) atoms. The highest BCUT2D eigenvalue weighted by molar-refractivity contribution is 14.0. The summed E-state index contributed by atoms with van der Waals surface area (Å²) in [5.41, 5.74) is 5.40. The first kappa shape index (κ1) is 21.8. The molecule has 1 aliphatic rings. The molecule has 7 rings (SSSR count). The lowest BCUT2D eigenvalue weighted by Gasteiger charge is -2.20. The molecule has 3 aromatic heterocycles. The van der Waals surface area contributed by atoms with Crippen molar-refractivity contribution >= 4 is 73.4 Å². The number of benzene rings is 3. The first-order valence-electron chi connectivity index (χ1n) is 11.5. The highest BCUT2D eigenvalue weighted by Gasteiger charge is 2.22. The third kappa shape index (κ3) is 3.11. The molecule has 1 N–H and O–H groups in total. The summed E-state index contributed by atoms with van der Waals surface area (Å²) in [4.78, 5) is 14.0. The zero-order valence-corrected chi connectivity index (χ0v) is 21.6. The van der Waals surface area contributed by atoms with Gasteiger partial charge >= 0.3 is 0 Å². The molecule has 1 atom stereocenters. The van der Waals surface area contributed by atoms with E-state index in [1.807, 2.05) is 19.3 Å². The van der Waals surface area contributed by atoms with E-state index in [0.29, 0.717) is 0 Å². The number of nitrogens with one attached hydrogen (secondary N) is 1. The minimum atomic E-state index is 0. The molecule has 7 heteroatoms. The Labute approximate surface area is 219 Å². The van der Waals surface area contributed by atoms with Crippen LogP contribution in [0.4, 0.5) is 0 Å². The van der Waals surface area contributed by atoms with Crippen LogP contribution < -0.4 is 5.32 Å². The number of halogens is 1. The Morgan fingerprint density at radius 3 is 2.06 bits per heavy atom. The number of rotatable bonds is 1. The first-order chi connectivity index (χ1) is 16.7. The molecular formula is C28H23IN6. The fourth-order valence-corrected chi connectivity index (χ4v) is 5.26. The van der Waals surface area contributed by atoms with Crippen LogP contribution in [0.15, 0.2) is 90.4 Å². The summed E-state index contributed by atoms with van der Waals surface area (Å²) < 4.78 is 4.52. The Balaban J connectivity index is 0.00000229. The topological polar surface area (TPSA) is 60.0 Å². The van der Waals surface area contributed by atoms with Crippen molar-refractivity contribution in [1.82, 2.24) is 24.4 Å². The Hall–Kier alpha value is -3.72. The predicted molar refractivity (Wildman–Crippen MR) is 154 cm³/mol. The quantitative estimate of drug-likeness (QED) is 0.236. The summed E-state index contributed by atoms with van der Waals surface area (Å²) in [5.74, 6) is 1.83. The first-order valence-corrected chi connectivity index (χ1v) is 11.5. The van der Waals surface area contributed by atoms with E-state index in [-0.39, 0.29) is 30.0 Å². The maximum Gasteiger partial charge on any atom is 0.159 e. The monoisotopic (exact) mass is 570 g/mol. The van der Waals surface area contributed by atoms with E-state index < -0.39 is 0 Å². The number of aliphatic imine (C=N–C) groups is 1. The van der Waals surface area contributed by atoms with Crippen LogP contribution >= 0.6 is 24.0 Å². The van der Waals surface area contributed by atoms with Crippen LogP contribution in [0.2, 0.25) is 0 Å². The standard InChI is InChI=1S/C28H22N6.HI/c1-17-27(31-13-11-29-17)33-23-9-5-3-7-19(23)21-15-22-20-8-4-6-10-24(20)34(26(22)16-25(21)33)28-18(2)30-12-14-32-28;/h3-17,29H,1-2H3;1H. The highest BCUT2D eigenvalue weighted by atomic mass is 127. The van der Waals surface area contributed by atoms with Crippen molar-refractivity contribution in [2.45, 2.75) is 19.9 Å². The molecule has 0 aliphatic carbocycles. The largest absolute Gasteiger partial charge is 0.380 e. The molecule has 0 radical (unpaired) electrons. The van der Waals surface area contributed by atoms with Crippen molar-refractivity contribution in [3.63, 3.8) is 0 Å². The second-order valence-electron chi connectivity index (χ2n) is 8.75. The van der Waals surface area contributed by atoms with Crippen LogP contribution in [0.1, 0.15) is 12.6 Å². The molecule has 0 saturated carbocycles. The van der Waals surface area contributed by atoms with Crippen LogP contribution in [0.25, 0.3) is 49.4 Å². The van der Waals surface area contributed by atoms with Gasteiger partial charge in [0.25, 0.3) is 0 Å². The number of hydrogen-bond acceptors (Lipinski definition) is 4. The van der Waals surface area contributed by atoms with E-state index in [9.17, 15) is 0 Å². The third-order valence-corrected chi connectivity index (χ3v) is 6.78. The Kier molecular flexibility index (Phi) is 5.10. The van der Waals surface area contributed by atoms with Gasteiger partial charge in [0.15, 0.2) is 5.82 Å². The minimum Gasteiger partial charge on any atom is -0.380 e. The van der Waals surface area contributed by atoms with E-state index in [0.717, 1.165) is 39.4 Å². The lowest BCUT2D eigenvalue weighted by Crippen LogP contribution is -2.36. The normalized spacial score (nSPS) is 15.5. The molecule has 3 aromatic carbocycles. The summed E-state index contributed by atoms with van der Waals surface area (Å²) in [6.45, 7) is 4.15. The fourth-order valence-electron chi connectivity index (χ4n) is 5.26. The smallest absolute Gasteiger partial charge is 0.159 e. The molecule has 172 valence electrons. The zero-order valence-electron chi connectivity index (χ0n) is 19.3. The average molecular weight is 570 g/mol. The average Bonchev–Trinajstić information content (AvgIpc) is 3.36. The number of aromatic nitrogens is 4. The van der Waals surface area contributed by atoms with Gasteiger partial charge in [-0.05, 0) is 38.1 Å². The maximum absolute atomic E-state index is 4.78. The summed E-state index contributed by atoms with van der Waals surface area (Å²) in [6.07, 6.45) is 7.23. The minimum absolute atomic E-state index is 0. The molecule has 6 aromatic rings. The molecule has 0 amide bonds. The number of fused-ring (bicyclic) bond motifs is 6. The summed E-state index contributed by atoms with van der Waals surface area (Å²) in [6, 6.07) is 21.8. The van der Waals surface area contributed by atoms with E-state index >= 15 is 0 Å². The molecule has 1 aliphatic heterocycles. The second kappa shape index (κ2) is 8.20. The van der Waals surface area contributed by atoms with Crippen molar-refractivity contribution in [2.24, 2.45) is 4.99 Å². The van der Waals surface area contributed by atoms with Gasteiger partial charge in [0.2, 0.25) is 0 Å². The van der Waals surface area contributed by atoms with E-state index in [2.05, 4.69) is 87.0 Å². The van der Waals surface area contributed by atoms with Crippen LogP contribution in [0.3, 0.4) is 0 Å². The van der Waals surface area contributed by atoms with Crippen molar-refractivity contribution in [1.29, 1.82) is 0 Å². The van der Waals surface area contributed by atoms with Gasteiger partial charge in [-0.1, -0.05) is 36.4 Å². The van der Waals surface area contributed by atoms with Gasteiger partial charge in [0.1, 0.15) is 5.84 Å². The number of hydrogen-bond donors (Lipinski definition) is 1. The van der Waals surface area contributed by atoms with Crippen molar-refractivity contribution < 1.29 is 0 Å². The predicted octanol–water partition coefficient (Wildman–Crippen LogP) is 6.32. The zero-order chi connectivity index (χ0) is 22.8. The van der Waals surface area contributed by atoms with Crippen LogP contribution in [-0.4, -0.2) is 31.0 Å². The number of aryl methyl sites for hydroxylation is 1. The Bertz CT molecular complexity index is 1820. The summed E-state index contributed by atoms with van der Waals surface area (Å²) in [5, 5.41) is 8.24. The second-order valence-corrected chi connectivity index (χ2v) is 8.75. The van der Waals surface area contributed by atoms with E-state index in [1.165, 1.54) is 21.5 Å².